The number of nitrogens with zero attached hydrogens (tertiary/aromatic N) is 2. The third-order valence-electron chi connectivity index (χ3n) is 3.22. The van der Waals surface area contributed by atoms with E-state index in [0.29, 0.717) is 10.8 Å². The van der Waals surface area contributed by atoms with Crippen LogP contribution < -0.4 is 5.32 Å². The lowest BCUT2D eigenvalue weighted by atomic mass is 9.92. The predicted octanol–water partition coefficient (Wildman–Crippen LogP) is 3.55. The zero-order valence-electron chi connectivity index (χ0n) is 12.8. The van der Waals surface area contributed by atoms with Gasteiger partial charge in [0.2, 0.25) is 5.91 Å². The molecule has 0 bridgehead atoms. The molecule has 0 radical (unpaired) electrons. The molecule has 5 heteroatoms. The molecule has 0 aliphatic carbocycles. The van der Waals surface area contributed by atoms with Crippen LogP contribution >= 0.6 is 11.6 Å². The lowest BCUT2D eigenvalue weighted by molar-refractivity contribution is -0.115. The molecule has 1 heterocycles. The highest BCUT2D eigenvalue weighted by Gasteiger charge is 2.19. The van der Waals surface area contributed by atoms with Gasteiger partial charge in [-0.2, -0.15) is 5.10 Å². The van der Waals surface area contributed by atoms with Crippen LogP contribution in [0.3, 0.4) is 0 Å². The Labute approximate surface area is 130 Å². The van der Waals surface area contributed by atoms with Crippen molar-refractivity contribution in [3.63, 3.8) is 0 Å². The van der Waals surface area contributed by atoms with Gasteiger partial charge in [0.1, 0.15) is 5.82 Å². The number of benzene rings is 1. The topological polar surface area (TPSA) is 46.9 Å². The predicted molar refractivity (Wildman–Crippen MR) is 85.7 cm³/mol. The van der Waals surface area contributed by atoms with Gasteiger partial charge in [-0.25, -0.2) is 0 Å². The normalized spacial score (nSPS) is 11.5. The number of carbonyl (C=O) groups is 1. The Kier molecular flexibility index (Phi) is 4.37. The maximum atomic E-state index is 12.1. The maximum Gasteiger partial charge on any atom is 0.229 e. The van der Waals surface area contributed by atoms with E-state index in [1.165, 1.54) is 0 Å². The van der Waals surface area contributed by atoms with Crippen LogP contribution in [0.5, 0.6) is 0 Å². The molecule has 1 amide bonds. The Hall–Kier alpha value is -1.81. The third-order valence-corrected chi connectivity index (χ3v) is 3.59. The first kappa shape index (κ1) is 15.6. The van der Waals surface area contributed by atoms with Crippen LogP contribution in [0.25, 0.3) is 0 Å². The van der Waals surface area contributed by atoms with Gasteiger partial charge in [-0.1, -0.05) is 50.6 Å². The summed E-state index contributed by atoms with van der Waals surface area (Å²) in [4.78, 5) is 12.1. The molecule has 0 atom stereocenters. The summed E-state index contributed by atoms with van der Waals surface area (Å²) in [5, 5.41) is 7.92. The Morgan fingerprint density at radius 3 is 2.57 bits per heavy atom. The molecule has 112 valence electrons. The summed E-state index contributed by atoms with van der Waals surface area (Å²) in [5.41, 5.74) is 1.71. The van der Waals surface area contributed by atoms with E-state index < -0.39 is 0 Å². The maximum absolute atomic E-state index is 12.1. The van der Waals surface area contributed by atoms with Gasteiger partial charge >= 0.3 is 0 Å². The smallest absolute Gasteiger partial charge is 0.229 e. The van der Waals surface area contributed by atoms with Gasteiger partial charge in [0, 0.05) is 23.6 Å². The Balaban J connectivity index is 2.10. The number of halogens is 1. The van der Waals surface area contributed by atoms with E-state index in [1.807, 2.05) is 31.3 Å². The summed E-state index contributed by atoms with van der Waals surface area (Å²) in [7, 11) is 1.82. The van der Waals surface area contributed by atoms with Gasteiger partial charge in [0.25, 0.3) is 0 Å². The number of nitrogens with one attached hydrogen (secondary N) is 1. The molecule has 1 aromatic heterocycles. The van der Waals surface area contributed by atoms with Gasteiger partial charge in [-0.3, -0.25) is 9.48 Å². The molecule has 0 saturated carbocycles. The molecule has 0 aliphatic heterocycles. The summed E-state index contributed by atoms with van der Waals surface area (Å²) in [6.45, 7) is 6.26. The molecule has 2 rings (SSSR count). The lowest BCUT2D eigenvalue weighted by Gasteiger charge is -2.13. The van der Waals surface area contributed by atoms with Crippen LogP contribution in [0.1, 0.15) is 32.0 Å². The molecule has 1 N–H and O–H groups in total. The highest BCUT2D eigenvalue weighted by atomic mass is 35.5. The molecular weight excluding hydrogens is 286 g/mol. The van der Waals surface area contributed by atoms with Crippen LogP contribution in [0.2, 0.25) is 5.02 Å². The number of rotatable bonds is 3. The number of amides is 1. The number of aryl methyl sites for hydroxylation is 1. The van der Waals surface area contributed by atoms with E-state index in [1.54, 1.807) is 10.7 Å². The van der Waals surface area contributed by atoms with E-state index in [4.69, 9.17) is 11.6 Å². The van der Waals surface area contributed by atoms with E-state index in [2.05, 4.69) is 31.2 Å². The first-order chi connectivity index (χ1) is 9.77. The average molecular weight is 306 g/mol. The van der Waals surface area contributed by atoms with Crippen LogP contribution in [0.4, 0.5) is 5.82 Å². The molecular formula is C16H20ClN3O. The van der Waals surface area contributed by atoms with Crippen molar-refractivity contribution in [2.24, 2.45) is 7.05 Å². The molecule has 2 aromatic rings. The van der Waals surface area contributed by atoms with Crippen molar-refractivity contribution in [2.45, 2.75) is 32.6 Å². The highest BCUT2D eigenvalue weighted by molar-refractivity contribution is 6.31. The van der Waals surface area contributed by atoms with Gasteiger partial charge in [0.05, 0.1) is 12.1 Å². The van der Waals surface area contributed by atoms with E-state index in [9.17, 15) is 4.79 Å². The molecule has 0 fully saturated rings. The molecule has 0 spiro atoms. The molecule has 0 saturated heterocycles. The largest absolute Gasteiger partial charge is 0.311 e. The lowest BCUT2D eigenvalue weighted by Crippen LogP contribution is -2.16. The molecule has 21 heavy (non-hydrogen) atoms. The van der Waals surface area contributed by atoms with Gasteiger partial charge in [-0.15, -0.1) is 0 Å². The minimum Gasteiger partial charge on any atom is -0.311 e. The van der Waals surface area contributed by atoms with Crippen molar-refractivity contribution >= 4 is 23.3 Å². The van der Waals surface area contributed by atoms with Gasteiger partial charge in [0.15, 0.2) is 0 Å². The number of carbonyl (C=O) groups excluding carboxylic acids is 1. The number of aromatic nitrogens is 2. The van der Waals surface area contributed by atoms with Crippen LogP contribution in [-0.4, -0.2) is 15.7 Å². The second kappa shape index (κ2) is 5.90. The minimum atomic E-state index is -0.105. The molecule has 0 unspecified atom stereocenters. The monoisotopic (exact) mass is 305 g/mol. The summed E-state index contributed by atoms with van der Waals surface area (Å²) in [6.07, 6.45) is 0.246. The summed E-state index contributed by atoms with van der Waals surface area (Å²) < 4.78 is 1.69. The van der Waals surface area contributed by atoms with E-state index in [-0.39, 0.29) is 17.7 Å². The number of hydrogen-bond donors (Lipinski definition) is 1. The first-order valence-corrected chi connectivity index (χ1v) is 7.23. The average Bonchev–Trinajstić information content (AvgIpc) is 2.74. The molecule has 4 nitrogen and oxygen atoms in total. The fourth-order valence-electron chi connectivity index (χ4n) is 1.95. The van der Waals surface area contributed by atoms with Crippen molar-refractivity contribution < 1.29 is 4.79 Å². The minimum absolute atomic E-state index is 0.0521. The number of hydrogen-bond acceptors (Lipinski definition) is 2. The van der Waals surface area contributed by atoms with E-state index >= 15 is 0 Å². The fraction of sp³-hybridized carbons (Fsp3) is 0.375. The summed E-state index contributed by atoms with van der Waals surface area (Å²) >= 11 is 6.07. The van der Waals surface area contributed by atoms with E-state index in [0.717, 1.165) is 11.3 Å². The summed E-state index contributed by atoms with van der Waals surface area (Å²) in [6, 6.07) is 9.26. The zero-order valence-corrected chi connectivity index (χ0v) is 13.5. The second-order valence-electron chi connectivity index (χ2n) is 6.10. The molecule has 0 aliphatic rings. The first-order valence-electron chi connectivity index (χ1n) is 6.85. The highest BCUT2D eigenvalue weighted by Crippen LogP contribution is 2.23. The fourth-order valence-corrected chi connectivity index (χ4v) is 2.16. The molecule has 1 aromatic carbocycles. The van der Waals surface area contributed by atoms with Crippen molar-refractivity contribution in [2.75, 3.05) is 5.32 Å². The standard InChI is InChI=1S/C16H20ClN3O/c1-16(2,3)13-10-14(20(4)19-13)18-15(21)9-11-7-5-6-8-12(11)17/h5-8,10H,9H2,1-4H3,(H,18,21). The van der Waals surface area contributed by atoms with Crippen LogP contribution in [0, 0.1) is 0 Å². The zero-order chi connectivity index (χ0) is 15.6. The van der Waals surface area contributed by atoms with Crippen molar-refractivity contribution in [1.82, 2.24) is 9.78 Å². The Morgan fingerprint density at radius 2 is 2.00 bits per heavy atom. The quantitative estimate of drug-likeness (QED) is 0.942. The SMILES string of the molecule is Cn1nc(C(C)(C)C)cc1NC(=O)Cc1ccccc1Cl. The Morgan fingerprint density at radius 1 is 1.33 bits per heavy atom. The van der Waals surface area contributed by atoms with Gasteiger partial charge < -0.3 is 5.32 Å². The summed E-state index contributed by atoms with van der Waals surface area (Å²) in [5.74, 6) is 0.587. The third kappa shape index (κ3) is 3.85. The van der Waals surface area contributed by atoms with Crippen LogP contribution in [-0.2, 0) is 23.7 Å². The second-order valence-corrected chi connectivity index (χ2v) is 6.51. The van der Waals surface area contributed by atoms with Crippen molar-refractivity contribution in [3.05, 3.63) is 46.6 Å². The van der Waals surface area contributed by atoms with Gasteiger partial charge in [-0.05, 0) is 11.6 Å². The van der Waals surface area contributed by atoms with Crippen molar-refractivity contribution in [1.29, 1.82) is 0 Å². The van der Waals surface area contributed by atoms with Crippen LogP contribution in [0.15, 0.2) is 30.3 Å². The van der Waals surface area contributed by atoms with Crippen molar-refractivity contribution in [3.8, 4) is 0 Å². The number of anilines is 1. The Bertz CT molecular complexity index is 656.